The van der Waals surface area contributed by atoms with E-state index in [9.17, 15) is 0 Å². The molecule has 3 heteroatoms. The molecule has 0 aromatic carbocycles. The Kier molecular flexibility index (Phi) is 5.46. The smallest absolute Gasteiger partial charge is 0.0575 e. The standard InChI is InChI=1S/C15H28O3/c1-16-10-15(11-17-2,13-6-5-7-13)12-18-14-8-3-4-9-14/h13-14H,3-12H2,1-2H3. The first-order valence-corrected chi connectivity index (χ1v) is 7.40. The Labute approximate surface area is 111 Å². The molecule has 0 unspecified atom stereocenters. The van der Waals surface area contributed by atoms with Crippen LogP contribution in [0.1, 0.15) is 44.9 Å². The molecule has 106 valence electrons. The second-order valence-corrected chi connectivity index (χ2v) is 6.07. The van der Waals surface area contributed by atoms with E-state index >= 15 is 0 Å². The van der Waals surface area contributed by atoms with Crippen LogP contribution in [0.15, 0.2) is 0 Å². The molecule has 0 radical (unpaired) electrons. The van der Waals surface area contributed by atoms with Crippen LogP contribution in [0.25, 0.3) is 0 Å². The first-order chi connectivity index (χ1) is 8.80. The van der Waals surface area contributed by atoms with Crippen LogP contribution >= 0.6 is 0 Å². The first-order valence-electron chi connectivity index (χ1n) is 7.40. The van der Waals surface area contributed by atoms with Gasteiger partial charge in [0.25, 0.3) is 0 Å². The topological polar surface area (TPSA) is 27.7 Å². The van der Waals surface area contributed by atoms with Gasteiger partial charge >= 0.3 is 0 Å². The van der Waals surface area contributed by atoms with Gasteiger partial charge in [0.2, 0.25) is 0 Å². The van der Waals surface area contributed by atoms with Crippen molar-refractivity contribution in [2.75, 3.05) is 34.0 Å². The molecule has 0 bridgehead atoms. The highest BCUT2D eigenvalue weighted by atomic mass is 16.5. The van der Waals surface area contributed by atoms with E-state index in [1.165, 1.54) is 44.9 Å². The van der Waals surface area contributed by atoms with E-state index in [4.69, 9.17) is 14.2 Å². The lowest BCUT2D eigenvalue weighted by Gasteiger charge is -2.44. The summed E-state index contributed by atoms with van der Waals surface area (Å²) in [6, 6.07) is 0. The fraction of sp³-hybridized carbons (Fsp3) is 1.00. The fourth-order valence-electron chi connectivity index (χ4n) is 3.41. The Bertz CT molecular complexity index is 226. The summed E-state index contributed by atoms with van der Waals surface area (Å²) < 4.78 is 17.1. The van der Waals surface area contributed by atoms with E-state index in [0.717, 1.165) is 25.7 Å². The third-order valence-corrected chi connectivity index (χ3v) is 4.74. The van der Waals surface area contributed by atoms with Crippen molar-refractivity contribution in [2.45, 2.75) is 51.0 Å². The van der Waals surface area contributed by atoms with Crippen molar-refractivity contribution in [1.82, 2.24) is 0 Å². The van der Waals surface area contributed by atoms with Crippen LogP contribution in [-0.4, -0.2) is 40.1 Å². The Balaban J connectivity index is 1.91. The van der Waals surface area contributed by atoms with Gasteiger partial charge in [-0.05, 0) is 31.6 Å². The van der Waals surface area contributed by atoms with E-state index in [0.29, 0.717) is 6.10 Å². The van der Waals surface area contributed by atoms with Gasteiger partial charge in [0.05, 0.1) is 25.9 Å². The predicted octanol–water partition coefficient (Wildman–Crippen LogP) is 3.02. The molecule has 2 fully saturated rings. The van der Waals surface area contributed by atoms with E-state index < -0.39 is 0 Å². The summed E-state index contributed by atoms with van der Waals surface area (Å²) in [5.74, 6) is 0.721. The third kappa shape index (κ3) is 3.25. The van der Waals surface area contributed by atoms with Gasteiger partial charge in [0.1, 0.15) is 0 Å². The zero-order valence-electron chi connectivity index (χ0n) is 12.0. The van der Waals surface area contributed by atoms with E-state index in [1.807, 2.05) is 0 Å². The lowest BCUT2D eigenvalue weighted by molar-refractivity contribution is -0.116. The largest absolute Gasteiger partial charge is 0.384 e. The number of ether oxygens (including phenoxy) is 3. The van der Waals surface area contributed by atoms with Crippen LogP contribution < -0.4 is 0 Å². The average molecular weight is 256 g/mol. The highest BCUT2D eigenvalue weighted by Gasteiger charge is 2.43. The number of hydrogen-bond acceptors (Lipinski definition) is 3. The summed E-state index contributed by atoms with van der Waals surface area (Å²) >= 11 is 0. The van der Waals surface area contributed by atoms with Gasteiger partial charge in [-0.15, -0.1) is 0 Å². The van der Waals surface area contributed by atoms with Crippen LogP contribution in [-0.2, 0) is 14.2 Å². The summed E-state index contributed by atoms with van der Waals surface area (Å²) in [5.41, 5.74) is 0.0876. The SMILES string of the molecule is COCC(COC)(COC1CCCC1)C1CCC1. The summed E-state index contributed by atoms with van der Waals surface area (Å²) in [5, 5.41) is 0. The number of hydrogen-bond donors (Lipinski definition) is 0. The van der Waals surface area contributed by atoms with Gasteiger partial charge < -0.3 is 14.2 Å². The molecule has 2 aliphatic carbocycles. The van der Waals surface area contributed by atoms with Gasteiger partial charge in [0, 0.05) is 19.6 Å². The zero-order valence-corrected chi connectivity index (χ0v) is 12.0. The Morgan fingerprint density at radius 1 is 0.833 bits per heavy atom. The summed E-state index contributed by atoms with van der Waals surface area (Å²) in [6.45, 7) is 2.33. The molecule has 0 heterocycles. The maximum absolute atomic E-state index is 6.17. The van der Waals surface area contributed by atoms with Gasteiger partial charge in [0.15, 0.2) is 0 Å². The van der Waals surface area contributed by atoms with Gasteiger partial charge in [-0.25, -0.2) is 0 Å². The molecule has 0 aromatic rings. The van der Waals surface area contributed by atoms with E-state index in [-0.39, 0.29) is 5.41 Å². The quantitative estimate of drug-likeness (QED) is 0.668. The maximum Gasteiger partial charge on any atom is 0.0575 e. The van der Waals surface area contributed by atoms with Gasteiger partial charge in [-0.3, -0.25) is 0 Å². The molecule has 0 saturated heterocycles. The molecule has 2 saturated carbocycles. The second-order valence-electron chi connectivity index (χ2n) is 6.07. The van der Waals surface area contributed by atoms with Crippen molar-refractivity contribution in [2.24, 2.45) is 11.3 Å². The molecule has 0 spiro atoms. The van der Waals surface area contributed by atoms with Gasteiger partial charge in [-0.1, -0.05) is 19.3 Å². The molecule has 18 heavy (non-hydrogen) atoms. The second kappa shape index (κ2) is 6.88. The molecular weight excluding hydrogens is 228 g/mol. The highest BCUT2D eigenvalue weighted by molar-refractivity contribution is 4.91. The average Bonchev–Trinajstić information content (AvgIpc) is 2.77. The molecule has 3 nitrogen and oxygen atoms in total. The molecular formula is C15H28O3. The molecule has 0 atom stereocenters. The van der Waals surface area contributed by atoms with E-state index in [2.05, 4.69) is 0 Å². The Morgan fingerprint density at radius 2 is 1.44 bits per heavy atom. The minimum atomic E-state index is 0.0876. The van der Waals surface area contributed by atoms with Crippen molar-refractivity contribution in [3.63, 3.8) is 0 Å². The van der Waals surface area contributed by atoms with Crippen LogP contribution in [0, 0.1) is 11.3 Å². The molecule has 0 amide bonds. The summed E-state index contributed by atoms with van der Waals surface area (Å²) in [4.78, 5) is 0. The maximum atomic E-state index is 6.17. The van der Waals surface area contributed by atoms with Crippen molar-refractivity contribution in [1.29, 1.82) is 0 Å². The summed E-state index contributed by atoms with van der Waals surface area (Å²) in [7, 11) is 3.58. The minimum absolute atomic E-state index is 0.0876. The predicted molar refractivity (Wildman–Crippen MR) is 71.7 cm³/mol. The van der Waals surface area contributed by atoms with Gasteiger partial charge in [-0.2, -0.15) is 0 Å². The third-order valence-electron chi connectivity index (χ3n) is 4.74. The molecule has 2 aliphatic rings. The zero-order chi connectivity index (χ0) is 12.8. The van der Waals surface area contributed by atoms with E-state index in [1.54, 1.807) is 14.2 Å². The van der Waals surface area contributed by atoms with Crippen molar-refractivity contribution < 1.29 is 14.2 Å². The Hall–Kier alpha value is -0.120. The lowest BCUT2D eigenvalue weighted by Crippen LogP contribution is -2.46. The van der Waals surface area contributed by atoms with Crippen LogP contribution in [0.5, 0.6) is 0 Å². The van der Waals surface area contributed by atoms with Crippen LogP contribution in [0.2, 0.25) is 0 Å². The molecule has 0 N–H and O–H groups in total. The van der Waals surface area contributed by atoms with Crippen LogP contribution in [0.3, 0.4) is 0 Å². The highest BCUT2D eigenvalue weighted by Crippen LogP contribution is 2.43. The van der Waals surface area contributed by atoms with Crippen molar-refractivity contribution >= 4 is 0 Å². The van der Waals surface area contributed by atoms with Crippen LogP contribution in [0.4, 0.5) is 0 Å². The molecule has 0 aromatic heterocycles. The van der Waals surface area contributed by atoms with Crippen molar-refractivity contribution in [3.8, 4) is 0 Å². The summed E-state index contributed by atoms with van der Waals surface area (Å²) in [6.07, 6.45) is 9.58. The number of methoxy groups -OCH3 is 2. The number of rotatable bonds is 8. The Morgan fingerprint density at radius 3 is 1.89 bits per heavy atom. The molecule has 0 aliphatic heterocycles. The van der Waals surface area contributed by atoms with Crippen molar-refractivity contribution in [3.05, 3.63) is 0 Å². The first kappa shape index (κ1) is 14.3. The monoisotopic (exact) mass is 256 g/mol. The molecule has 2 rings (SSSR count). The fourth-order valence-corrected chi connectivity index (χ4v) is 3.41. The minimum Gasteiger partial charge on any atom is -0.384 e. The lowest BCUT2D eigenvalue weighted by atomic mass is 9.66. The normalized spacial score (nSPS) is 22.3.